The van der Waals surface area contributed by atoms with Crippen molar-refractivity contribution in [3.8, 4) is 0 Å². The third-order valence-corrected chi connectivity index (χ3v) is 5.99. The molecule has 0 bridgehead atoms. The number of hydrogen-bond acceptors (Lipinski definition) is 5. The maximum Gasteiger partial charge on any atom is 0.261 e. The second-order valence-electron chi connectivity index (χ2n) is 6.22. The average molecular weight is 376 g/mol. The standard InChI is InChI=1S/C18H20N2O5S/c1-3-11(2)17(18(21)19-22)20-26(23,24)12-8-9-16-14(10-12)13-6-4-5-7-15(13)25-16/h4-11,17,20,22H,3H2,1-2H3,(H,19,21). The minimum absolute atomic E-state index is 0.0237. The minimum Gasteiger partial charge on any atom is -0.456 e. The molecule has 0 aliphatic carbocycles. The van der Waals surface area contributed by atoms with E-state index in [9.17, 15) is 13.2 Å². The molecule has 3 aromatic rings. The molecule has 0 radical (unpaired) electrons. The molecule has 1 amide bonds. The van der Waals surface area contributed by atoms with Crippen LogP contribution >= 0.6 is 0 Å². The Morgan fingerprint density at radius 3 is 2.54 bits per heavy atom. The smallest absolute Gasteiger partial charge is 0.261 e. The van der Waals surface area contributed by atoms with E-state index in [2.05, 4.69) is 4.72 Å². The normalized spacial score (nSPS) is 14.4. The van der Waals surface area contributed by atoms with Gasteiger partial charge in [-0.05, 0) is 30.2 Å². The SMILES string of the molecule is CCC(C)C(NS(=O)(=O)c1ccc2oc3ccccc3c2c1)C(=O)NO. The van der Waals surface area contributed by atoms with E-state index in [1.54, 1.807) is 13.0 Å². The van der Waals surface area contributed by atoms with Crippen molar-refractivity contribution >= 4 is 37.9 Å². The molecule has 0 saturated carbocycles. The van der Waals surface area contributed by atoms with E-state index in [0.717, 1.165) is 5.39 Å². The lowest BCUT2D eigenvalue weighted by Gasteiger charge is -2.22. The Bertz CT molecular complexity index is 1060. The molecule has 0 saturated heterocycles. The fourth-order valence-electron chi connectivity index (χ4n) is 2.84. The maximum atomic E-state index is 12.8. The Hall–Kier alpha value is -2.42. The van der Waals surface area contributed by atoms with Crippen molar-refractivity contribution in [2.45, 2.75) is 31.2 Å². The summed E-state index contributed by atoms with van der Waals surface area (Å²) < 4.78 is 33.6. The summed E-state index contributed by atoms with van der Waals surface area (Å²) >= 11 is 0. The van der Waals surface area contributed by atoms with Gasteiger partial charge in [-0.2, -0.15) is 4.72 Å². The quantitative estimate of drug-likeness (QED) is 0.453. The zero-order valence-electron chi connectivity index (χ0n) is 14.4. The number of amides is 1. The van der Waals surface area contributed by atoms with Crippen LogP contribution in [0.3, 0.4) is 0 Å². The zero-order chi connectivity index (χ0) is 18.9. The Morgan fingerprint density at radius 2 is 1.85 bits per heavy atom. The van der Waals surface area contributed by atoms with E-state index in [-0.39, 0.29) is 10.8 Å². The van der Waals surface area contributed by atoms with Gasteiger partial charge in [0.05, 0.1) is 4.90 Å². The number of hydroxylamine groups is 1. The molecule has 0 fully saturated rings. The summed E-state index contributed by atoms with van der Waals surface area (Å²) in [6, 6.07) is 10.8. The van der Waals surface area contributed by atoms with Crippen molar-refractivity contribution < 1.29 is 22.8 Å². The van der Waals surface area contributed by atoms with E-state index in [1.807, 2.05) is 31.2 Å². The van der Waals surface area contributed by atoms with Gasteiger partial charge in [-0.15, -0.1) is 0 Å². The largest absolute Gasteiger partial charge is 0.456 e. The van der Waals surface area contributed by atoms with Crippen molar-refractivity contribution in [3.63, 3.8) is 0 Å². The van der Waals surface area contributed by atoms with Crippen molar-refractivity contribution in [2.24, 2.45) is 5.92 Å². The van der Waals surface area contributed by atoms with E-state index in [1.165, 1.54) is 17.6 Å². The number of rotatable bonds is 6. The maximum absolute atomic E-state index is 12.8. The molecule has 2 aromatic carbocycles. The average Bonchev–Trinajstić information content (AvgIpc) is 3.02. The molecule has 1 heterocycles. The van der Waals surface area contributed by atoms with E-state index >= 15 is 0 Å². The number of benzene rings is 2. The van der Waals surface area contributed by atoms with E-state index < -0.39 is 22.0 Å². The van der Waals surface area contributed by atoms with Gasteiger partial charge >= 0.3 is 0 Å². The van der Waals surface area contributed by atoms with Crippen molar-refractivity contribution in [2.75, 3.05) is 0 Å². The number of para-hydroxylation sites is 1. The predicted octanol–water partition coefficient (Wildman–Crippen LogP) is 2.78. The highest BCUT2D eigenvalue weighted by atomic mass is 32.2. The van der Waals surface area contributed by atoms with Crippen LogP contribution in [0.4, 0.5) is 0 Å². The molecule has 0 aliphatic heterocycles. The number of carbonyl (C=O) groups is 1. The van der Waals surface area contributed by atoms with Gasteiger partial charge in [0, 0.05) is 10.8 Å². The number of nitrogens with one attached hydrogen (secondary N) is 2. The highest BCUT2D eigenvalue weighted by Gasteiger charge is 2.29. The molecule has 138 valence electrons. The lowest BCUT2D eigenvalue weighted by atomic mass is 10.00. The molecule has 2 atom stereocenters. The predicted molar refractivity (Wildman–Crippen MR) is 97.2 cm³/mol. The Balaban J connectivity index is 2.03. The molecule has 3 rings (SSSR count). The summed E-state index contributed by atoms with van der Waals surface area (Å²) in [5.74, 6) is -1.09. The number of furan rings is 1. The van der Waals surface area contributed by atoms with Crippen LogP contribution in [0.5, 0.6) is 0 Å². The highest BCUT2D eigenvalue weighted by molar-refractivity contribution is 7.89. The summed E-state index contributed by atoms with van der Waals surface area (Å²) in [7, 11) is -3.97. The van der Waals surface area contributed by atoms with Gasteiger partial charge in [-0.25, -0.2) is 13.9 Å². The molecule has 1 aromatic heterocycles. The molecule has 8 heteroatoms. The highest BCUT2D eigenvalue weighted by Crippen LogP contribution is 2.30. The van der Waals surface area contributed by atoms with Crippen LogP contribution in [0.1, 0.15) is 20.3 Å². The van der Waals surface area contributed by atoms with Crippen LogP contribution in [0.25, 0.3) is 21.9 Å². The zero-order valence-corrected chi connectivity index (χ0v) is 15.2. The second kappa shape index (κ2) is 7.06. The first-order valence-corrected chi connectivity index (χ1v) is 9.73. The van der Waals surface area contributed by atoms with Gasteiger partial charge in [-0.3, -0.25) is 10.0 Å². The lowest BCUT2D eigenvalue weighted by Crippen LogP contribution is -2.49. The minimum atomic E-state index is -3.97. The van der Waals surface area contributed by atoms with Gasteiger partial charge in [0.1, 0.15) is 17.2 Å². The van der Waals surface area contributed by atoms with Gasteiger partial charge in [0.15, 0.2) is 0 Å². The van der Waals surface area contributed by atoms with Crippen LogP contribution < -0.4 is 10.2 Å². The van der Waals surface area contributed by atoms with Crippen LogP contribution in [0.2, 0.25) is 0 Å². The third-order valence-electron chi connectivity index (χ3n) is 4.55. The van der Waals surface area contributed by atoms with Crippen molar-refractivity contribution in [3.05, 3.63) is 42.5 Å². The van der Waals surface area contributed by atoms with Crippen LogP contribution in [0.15, 0.2) is 51.8 Å². The second-order valence-corrected chi connectivity index (χ2v) is 7.93. The van der Waals surface area contributed by atoms with Crippen molar-refractivity contribution in [1.82, 2.24) is 10.2 Å². The van der Waals surface area contributed by atoms with Gasteiger partial charge in [0.2, 0.25) is 10.0 Å². The lowest BCUT2D eigenvalue weighted by molar-refractivity contribution is -0.132. The van der Waals surface area contributed by atoms with E-state index in [0.29, 0.717) is 23.0 Å². The Labute approximate surface area is 151 Å². The molecule has 26 heavy (non-hydrogen) atoms. The summed E-state index contributed by atoms with van der Waals surface area (Å²) in [4.78, 5) is 11.9. The molecule has 0 spiro atoms. The number of hydrogen-bond donors (Lipinski definition) is 3. The molecule has 0 aliphatic rings. The van der Waals surface area contributed by atoms with Crippen LogP contribution in [-0.4, -0.2) is 25.6 Å². The fraction of sp³-hybridized carbons (Fsp3) is 0.278. The Morgan fingerprint density at radius 1 is 1.15 bits per heavy atom. The van der Waals surface area contributed by atoms with Crippen LogP contribution in [0, 0.1) is 5.92 Å². The van der Waals surface area contributed by atoms with Gasteiger partial charge in [0.25, 0.3) is 5.91 Å². The van der Waals surface area contributed by atoms with E-state index in [4.69, 9.17) is 9.62 Å². The number of carbonyl (C=O) groups excluding carboxylic acids is 1. The molecular formula is C18H20N2O5S. The van der Waals surface area contributed by atoms with Gasteiger partial charge in [-0.1, -0.05) is 38.5 Å². The molecule has 7 nitrogen and oxygen atoms in total. The molecule has 2 unspecified atom stereocenters. The summed E-state index contributed by atoms with van der Waals surface area (Å²) in [6.07, 6.45) is 0.562. The van der Waals surface area contributed by atoms with Crippen LogP contribution in [-0.2, 0) is 14.8 Å². The first-order chi connectivity index (χ1) is 12.4. The first-order valence-electron chi connectivity index (χ1n) is 8.25. The monoisotopic (exact) mass is 376 g/mol. The molecule has 3 N–H and O–H groups in total. The topological polar surface area (TPSA) is 109 Å². The summed E-state index contributed by atoms with van der Waals surface area (Å²) in [5.41, 5.74) is 2.77. The number of fused-ring (bicyclic) bond motifs is 3. The fourth-order valence-corrected chi connectivity index (χ4v) is 4.17. The van der Waals surface area contributed by atoms with Crippen molar-refractivity contribution in [1.29, 1.82) is 0 Å². The van der Waals surface area contributed by atoms with Gasteiger partial charge < -0.3 is 4.42 Å². The number of sulfonamides is 1. The summed E-state index contributed by atoms with van der Waals surface area (Å²) in [5, 5.41) is 10.4. The summed E-state index contributed by atoms with van der Waals surface area (Å²) in [6.45, 7) is 3.56. The first kappa shape index (κ1) is 18.4. The Kier molecular flexibility index (Phi) is 4.99. The molecular weight excluding hydrogens is 356 g/mol. The third kappa shape index (κ3) is 3.31.